The maximum atomic E-state index is 5.85. The maximum absolute atomic E-state index is 5.85. The molecule has 2 nitrogen and oxygen atoms in total. The molecule has 0 amide bonds. The topological polar surface area (TPSA) is 21.3 Å². The molecule has 1 aliphatic rings. The summed E-state index contributed by atoms with van der Waals surface area (Å²) in [5.41, 5.74) is 1.35. The van der Waals surface area contributed by atoms with Crippen molar-refractivity contribution >= 4 is 11.6 Å². The standard InChI is InChI=1S/C12H16ClNO/c1-12(9-15-7-6-14-12)8-10-2-4-11(13)5-3-10/h2-5,14H,6-9H2,1H3. The monoisotopic (exact) mass is 225 g/mol. The third kappa shape index (κ3) is 2.94. The average molecular weight is 226 g/mol. The molecule has 0 spiro atoms. The quantitative estimate of drug-likeness (QED) is 0.834. The van der Waals surface area contributed by atoms with Crippen LogP contribution in [0.3, 0.4) is 0 Å². The molecule has 1 saturated heterocycles. The lowest BCUT2D eigenvalue weighted by atomic mass is 9.93. The maximum Gasteiger partial charge on any atom is 0.0649 e. The van der Waals surface area contributed by atoms with E-state index in [0.29, 0.717) is 0 Å². The molecule has 0 aliphatic carbocycles. The summed E-state index contributed by atoms with van der Waals surface area (Å²) < 4.78 is 5.49. The first-order valence-electron chi connectivity index (χ1n) is 5.25. The van der Waals surface area contributed by atoms with Gasteiger partial charge in [0, 0.05) is 17.1 Å². The number of benzene rings is 1. The van der Waals surface area contributed by atoms with E-state index >= 15 is 0 Å². The summed E-state index contributed by atoms with van der Waals surface area (Å²) in [4.78, 5) is 0. The molecule has 0 aromatic heterocycles. The Morgan fingerprint density at radius 1 is 1.40 bits per heavy atom. The van der Waals surface area contributed by atoms with E-state index in [1.54, 1.807) is 0 Å². The van der Waals surface area contributed by atoms with Gasteiger partial charge in [0.15, 0.2) is 0 Å². The van der Waals surface area contributed by atoms with Gasteiger partial charge in [0.1, 0.15) is 0 Å². The van der Waals surface area contributed by atoms with Crippen LogP contribution in [0.1, 0.15) is 12.5 Å². The van der Waals surface area contributed by atoms with Crippen molar-refractivity contribution in [3.05, 3.63) is 34.9 Å². The molecule has 2 rings (SSSR count). The molecular formula is C12H16ClNO. The first-order valence-corrected chi connectivity index (χ1v) is 5.63. The Morgan fingerprint density at radius 2 is 2.13 bits per heavy atom. The van der Waals surface area contributed by atoms with E-state index in [2.05, 4.69) is 24.4 Å². The molecule has 1 fully saturated rings. The molecule has 3 heteroatoms. The molecule has 1 unspecified atom stereocenters. The Morgan fingerprint density at radius 3 is 2.73 bits per heavy atom. The average Bonchev–Trinajstić information content (AvgIpc) is 2.22. The first-order chi connectivity index (χ1) is 7.18. The van der Waals surface area contributed by atoms with Crippen molar-refractivity contribution in [3.8, 4) is 0 Å². The third-order valence-electron chi connectivity index (χ3n) is 2.73. The normalized spacial score (nSPS) is 26.5. The van der Waals surface area contributed by atoms with Crippen molar-refractivity contribution in [2.75, 3.05) is 19.8 Å². The van der Waals surface area contributed by atoms with Gasteiger partial charge in [-0.3, -0.25) is 0 Å². The molecule has 82 valence electrons. The summed E-state index contributed by atoms with van der Waals surface area (Å²) in [5.74, 6) is 0. The highest BCUT2D eigenvalue weighted by Gasteiger charge is 2.26. The van der Waals surface area contributed by atoms with Gasteiger partial charge in [-0.05, 0) is 31.0 Å². The zero-order valence-electron chi connectivity index (χ0n) is 8.92. The molecule has 15 heavy (non-hydrogen) atoms. The van der Waals surface area contributed by atoms with Crippen LogP contribution in [-0.4, -0.2) is 25.3 Å². The predicted octanol–water partition coefficient (Wildman–Crippen LogP) is 2.26. The number of ether oxygens (including phenoxy) is 1. The van der Waals surface area contributed by atoms with Crippen LogP contribution < -0.4 is 5.32 Å². The Labute approximate surface area is 95.6 Å². The molecule has 0 saturated carbocycles. The van der Waals surface area contributed by atoms with Crippen molar-refractivity contribution in [1.82, 2.24) is 5.32 Å². The van der Waals surface area contributed by atoms with E-state index < -0.39 is 0 Å². The summed E-state index contributed by atoms with van der Waals surface area (Å²) >= 11 is 5.85. The van der Waals surface area contributed by atoms with E-state index in [-0.39, 0.29) is 5.54 Å². The number of nitrogens with one attached hydrogen (secondary N) is 1. The predicted molar refractivity (Wildman–Crippen MR) is 62.4 cm³/mol. The SMILES string of the molecule is CC1(Cc2ccc(Cl)cc2)COCCN1. The molecule has 1 aliphatic heterocycles. The van der Waals surface area contributed by atoms with Gasteiger partial charge < -0.3 is 10.1 Å². The summed E-state index contributed by atoms with van der Waals surface area (Å²) in [6, 6.07) is 8.02. The van der Waals surface area contributed by atoms with Crippen LogP contribution in [-0.2, 0) is 11.2 Å². The minimum absolute atomic E-state index is 0.0616. The van der Waals surface area contributed by atoms with Crippen molar-refractivity contribution in [2.24, 2.45) is 0 Å². The Bertz CT molecular complexity index is 317. The van der Waals surface area contributed by atoms with Crippen LogP contribution in [0.5, 0.6) is 0 Å². The smallest absolute Gasteiger partial charge is 0.0649 e. The van der Waals surface area contributed by atoms with Crippen LogP contribution in [0.2, 0.25) is 5.02 Å². The molecule has 1 heterocycles. The highest BCUT2D eigenvalue weighted by molar-refractivity contribution is 6.30. The second-order valence-corrected chi connectivity index (χ2v) is 4.78. The van der Waals surface area contributed by atoms with Gasteiger partial charge in [0.05, 0.1) is 13.2 Å². The number of hydrogen-bond acceptors (Lipinski definition) is 2. The van der Waals surface area contributed by atoms with Crippen LogP contribution in [0.4, 0.5) is 0 Å². The van der Waals surface area contributed by atoms with Crippen LogP contribution >= 0.6 is 11.6 Å². The summed E-state index contributed by atoms with van der Waals surface area (Å²) in [5, 5.41) is 4.29. The molecule has 1 aromatic rings. The fraction of sp³-hybridized carbons (Fsp3) is 0.500. The second kappa shape index (κ2) is 4.52. The number of rotatable bonds is 2. The van der Waals surface area contributed by atoms with Gasteiger partial charge in [-0.1, -0.05) is 23.7 Å². The Kier molecular flexibility index (Phi) is 3.29. The van der Waals surface area contributed by atoms with Crippen molar-refractivity contribution in [2.45, 2.75) is 18.9 Å². The highest BCUT2D eigenvalue weighted by atomic mass is 35.5. The number of halogens is 1. The zero-order valence-corrected chi connectivity index (χ0v) is 9.68. The molecule has 1 N–H and O–H groups in total. The van der Waals surface area contributed by atoms with Crippen molar-refractivity contribution in [1.29, 1.82) is 0 Å². The van der Waals surface area contributed by atoms with Crippen LogP contribution in [0, 0.1) is 0 Å². The van der Waals surface area contributed by atoms with Gasteiger partial charge in [0.25, 0.3) is 0 Å². The molecule has 0 bridgehead atoms. The molecule has 1 aromatic carbocycles. The Balaban J connectivity index is 2.03. The third-order valence-corrected chi connectivity index (χ3v) is 2.98. The fourth-order valence-electron chi connectivity index (χ4n) is 1.94. The molecule has 1 atom stereocenters. The highest BCUT2D eigenvalue weighted by Crippen LogP contribution is 2.18. The largest absolute Gasteiger partial charge is 0.378 e. The summed E-state index contributed by atoms with van der Waals surface area (Å²) in [6.07, 6.45) is 0.976. The second-order valence-electron chi connectivity index (χ2n) is 4.34. The lowest BCUT2D eigenvalue weighted by molar-refractivity contribution is 0.0356. The lowest BCUT2D eigenvalue weighted by Gasteiger charge is -2.35. The molecular weight excluding hydrogens is 210 g/mol. The zero-order chi connectivity index (χ0) is 10.7. The van der Waals surface area contributed by atoms with E-state index in [9.17, 15) is 0 Å². The van der Waals surface area contributed by atoms with Crippen molar-refractivity contribution in [3.63, 3.8) is 0 Å². The lowest BCUT2D eigenvalue weighted by Crippen LogP contribution is -2.53. The minimum Gasteiger partial charge on any atom is -0.378 e. The summed E-state index contributed by atoms with van der Waals surface area (Å²) in [7, 11) is 0. The minimum atomic E-state index is 0.0616. The number of hydrogen-bond donors (Lipinski definition) is 1. The van der Waals surface area contributed by atoms with E-state index in [0.717, 1.165) is 31.2 Å². The van der Waals surface area contributed by atoms with Gasteiger partial charge in [-0.25, -0.2) is 0 Å². The van der Waals surface area contributed by atoms with E-state index in [1.165, 1.54) is 5.56 Å². The van der Waals surface area contributed by atoms with Gasteiger partial charge in [-0.2, -0.15) is 0 Å². The van der Waals surface area contributed by atoms with Crippen molar-refractivity contribution < 1.29 is 4.74 Å². The van der Waals surface area contributed by atoms with Crippen LogP contribution in [0.15, 0.2) is 24.3 Å². The van der Waals surface area contributed by atoms with E-state index in [4.69, 9.17) is 16.3 Å². The van der Waals surface area contributed by atoms with Gasteiger partial charge >= 0.3 is 0 Å². The first kappa shape index (κ1) is 10.9. The Hall–Kier alpha value is -0.570. The van der Waals surface area contributed by atoms with Gasteiger partial charge in [0.2, 0.25) is 0 Å². The van der Waals surface area contributed by atoms with Gasteiger partial charge in [-0.15, -0.1) is 0 Å². The van der Waals surface area contributed by atoms with Crippen LogP contribution in [0.25, 0.3) is 0 Å². The summed E-state index contributed by atoms with van der Waals surface area (Å²) in [6.45, 7) is 4.72. The fourth-order valence-corrected chi connectivity index (χ4v) is 2.07. The van der Waals surface area contributed by atoms with E-state index in [1.807, 2.05) is 12.1 Å². The number of morpholine rings is 1. The molecule has 0 radical (unpaired) electrons.